The van der Waals surface area contributed by atoms with Crippen molar-refractivity contribution in [2.24, 2.45) is 5.92 Å². The first-order valence-electron chi connectivity index (χ1n) is 8.72. The summed E-state index contributed by atoms with van der Waals surface area (Å²) in [6, 6.07) is 4.67. The Balaban J connectivity index is 0.000000660. The summed E-state index contributed by atoms with van der Waals surface area (Å²) in [5.74, 6) is -0.987. The number of aliphatic hydroxyl groups excluding tert-OH is 1. The van der Waals surface area contributed by atoms with Crippen LogP contribution in [0.2, 0.25) is 0 Å². The first-order chi connectivity index (χ1) is 13.4. The minimum absolute atomic E-state index is 0.0940. The molecule has 0 amide bonds. The minimum Gasteiger partial charge on any atom is -0.507 e. The van der Waals surface area contributed by atoms with Crippen LogP contribution in [0.5, 0.6) is 11.5 Å². The summed E-state index contributed by atoms with van der Waals surface area (Å²) in [5, 5.41) is 28.4. The van der Waals surface area contributed by atoms with Gasteiger partial charge in [-0.3, -0.25) is 9.59 Å². The van der Waals surface area contributed by atoms with E-state index in [1.165, 1.54) is 6.07 Å². The van der Waals surface area contributed by atoms with Gasteiger partial charge in [-0.1, -0.05) is 19.1 Å². The van der Waals surface area contributed by atoms with Crippen molar-refractivity contribution in [2.45, 2.75) is 26.2 Å². The zero-order chi connectivity index (χ0) is 21.2. The Morgan fingerprint density at radius 3 is 2.18 bits per heavy atom. The molecule has 5 N–H and O–H groups in total. The summed E-state index contributed by atoms with van der Waals surface area (Å²) in [6.45, 7) is 4.06. The standard InChI is InChI=1S/C19H17NO4.CH4O.CH2O/c1-8-5-6-9-11(7-8)18(23)14-15(16(9)21)19(24)13-10(17(14)22)3-2-4-12(13)20;2*1-2/h2-4,8,21,23H,5-7,20H2,1H3;2H,1H3;1H2. The number of phenols is 2. The molecule has 0 fully saturated rings. The van der Waals surface area contributed by atoms with Gasteiger partial charge in [-0.15, -0.1) is 0 Å². The zero-order valence-electron chi connectivity index (χ0n) is 15.8. The minimum atomic E-state index is -0.507. The average Bonchev–Trinajstić information content (AvgIpc) is 2.71. The van der Waals surface area contributed by atoms with Gasteiger partial charge in [-0.25, -0.2) is 0 Å². The van der Waals surface area contributed by atoms with Crippen LogP contribution in [0.1, 0.15) is 56.3 Å². The van der Waals surface area contributed by atoms with Gasteiger partial charge >= 0.3 is 0 Å². The van der Waals surface area contributed by atoms with Crippen LogP contribution in [-0.2, 0) is 17.6 Å². The Labute approximate surface area is 162 Å². The predicted octanol–water partition coefficient (Wildman–Crippen LogP) is 2.00. The van der Waals surface area contributed by atoms with E-state index < -0.39 is 11.6 Å². The van der Waals surface area contributed by atoms with E-state index >= 15 is 0 Å². The molecule has 2 aromatic rings. The average molecular weight is 385 g/mol. The molecule has 2 aromatic carbocycles. The van der Waals surface area contributed by atoms with Crippen LogP contribution in [0.4, 0.5) is 5.69 Å². The third-order valence-corrected chi connectivity index (χ3v) is 5.12. The highest BCUT2D eigenvalue weighted by Gasteiger charge is 2.39. The lowest BCUT2D eigenvalue weighted by Crippen LogP contribution is -2.25. The smallest absolute Gasteiger partial charge is 0.200 e. The summed E-state index contributed by atoms with van der Waals surface area (Å²) < 4.78 is 0. The summed E-state index contributed by atoms with van der Waals surface area (Å²) >= 11 is 0. The van der Waals surface area contributed by atoms with Crippen molar-refractivity contribution in [2.75, 3.05) is 12.8 Å². The van der Waals surface area contributed by atoms with Gasteiger partial charge in [0.05, 0.1) is 16.7 Å². The van der Waals surface area contributed by atoms with E-state index in [4.69, 9.17) is 15.6 Å². The van der Waals surface area contributed by atoms with Crippen molar-refractivity contribution in [3.05, 3.63) is 51.6 Å². The van der Waals surface area contributed by atoms with Crippen LogP contribution in [0, 0.1) is 5.92 Å². The SMILES string of the molecule is C=O.CC1CCc2c(O)c3c(c(O)c2C1)C(=O)c1cccc(N)c1C3=O.CO. The lowest BCUT2D eigenvalue weighted by atomic mass is 9.76. The number of fused-ring (bicyclic) bond motifs is 3. The van der Waals surface area contributed by atoms with Gasteiger partial charge in [-0.05, 0) is 31.2 Å². The van der Waals surface area contributed by atoms with Gasteiger partial charge < -0.3 is 25.8 Å². The van der Waals surface area contributed by atoms with Gasteiger partial charge in [0.15, 0.2) is 11.6 Å². The molecule has 148 valence electrons. The van der Waals surface area contributed by atoms with Crippen LogP contribution in [0.3, 0.4) is 0 Å². The van der Waals surface area contributed by atoms with E-state index in [9.17, 15) is 19.8 Å². The van der Waals surface area contributed by atoms with Gasteiger partial charge in [0, 0.05) is 29.5 Å². The number of carbonyl (C=O) groups excluding carboxylic acids is 3. The van der Waals surface area contributed by atoms with Crippen LogP contribution in [0.15, 0.2) is 18.2 Å². The van der Waals surface area contributed by atoms with E-state index in [0.29, 0.717) is 29.9 Å². The molecular formula is C21H23NO6. The molecule has 0 spiro atoms. The van der Waals surface area contributed by atoms with Crippen LogP contribution in [0.25, 0.3) is 0 Å². The van der Waals surface area contributed by atoms with Crippen molar-refractivity contribution in [3.8, 4) is 11.5 Å². The second-order valence-electron chi connectivity index (χ2n) is 6.68. The second kappa shape index (κ2) is 8.22. The number of phenolic OH excluding ortho intramolecular Hbond substituents is 2. The molecule has 7 heteroatoms. The molecule has 0 saturated carbocycles. The van der Waals surface area contributed by atoms with Crippen molar-refractivity contribution >= 4 is 24.0 Å². The number of hydrogen-bond donors (Lipinski definition) is 4. The molecule has 2 aliphatic rings. The van der Waals surface area contributed by atoms with E-state index in [0.717, 1.165) is 13.5 Å². The third kappa shape index (κ3) is 3.03. The molecule has 4 rings (SSSR count). The zero-order valence-corrected chi connectivity index (χ0v) is 15.8. The maximum Gasteiger partial charge on any atom is 0.200 e. The predicted molar refractivity (Wildman–Crippen MR) is 104 cm³/mol. The highest BCUT2D eigenvalue weighted by molar-refractivity contribution is 6.32. The van der Waals surface area contributed by atoms with E-state index in [-0.39, 0.29) is 39.4 Å². The lowest BCUT2D eigenvalue weighted by molar-refractivity contribution is -0.0980. The maximum atomic E-state index is 12.9. The number of hydrogen-bond acceptors (Lipinski definition) is 7. The van der Waals surface area contributed by atoms with Crippen LogP contribution in [-0.4, -0.2) is 40.8 Å². The van der Waals surface area contributed by atoms with E-state index in [1.807, 2.05) is 6.79 Å². The molecule has 0 heterocycles. The third-order valence-electron chi connectivity index (χ3n) is 5.12. The molecule has 0 saturated heterocycles. The number of carbonyl (C=O) groups is 3. The number of nitrogens with two attached hydrogens (primary N) is 1. The first kappa shape index (κ1) is 21.1. The summed E-state index contributed by atoms with van der Waals surface area (Å²) in [7, 11) is 1.00. The molecular weight excluding hydrogens is 362 g/mol. The van der Waals surface area contributed by atoms with Gasteiger partial charge in [0.1, 0.15) is 18.3 Å². The molecule has 0 aromatic heterocycles. The normalized spacial score (nSPS) is 16.5. The fourth-order valence-electron chi connectivity index (χ4n) is 3.87. The fraction of sp³-hybridized carbons (Fsp3) is 0.286. The number of aliphatic hydroxyl groups is 1. The van der Waals surface area contributed by atoms with E-state index in [2.05, 4.69) is 6.92 Å². The first-order valence-corrected chi connectivity index (χ1v) is 8.72. The van der Waals surface area contributed by atoms with Gasteiger partial charge in [0.2, 0.25) is 0 Å². The molecule has 0 bridgehead atoms. The number of rotatable bonds is 0. The lowest BCUT2D eigenvalue weighted by Gasteiger charge is -2.28. The van der Waals surface area contributed by atoms with Crippen LogP contribution >= 0.6 is 0 Å². The van der Waals surface area contributed by atoms with Crippen molar-refractivity contribution in [3.63, 3.8) is 0 Å². The van der Waals surface area contributed by atoms with Gasteiger partial charge in [0.25, 0.3) is 0 Å². The van der Waals surface area contributed by atoms with Gasteiger partial charge in [-0.2, -0.15) is 0 Å². The number of anilines is 1. The fourth-order valence-corrected chi connectivity index (χ4v) is 3.87. The number of ketones is 2. The maximum absolute atomic E-state index is 12.9. The molecule has 28 heavy (non-hydrogen) atoms. The quantitative estimate of drug-likeness (QED) is 0.343. The molecule has 1 atom stereocenters. The molecule has 1 unspecified atom stereocenters. The highest BCUT2D eigenvalue weighted by atomic mass is 16.3. The Bertz CT molecular complexity index is 951. The largest absolute Gasteiger partial charge is 0.507 e. The van der Waals surface area contributed by atoms with E-state index in [1.54, 1.807) is 12.1 Å². The molecule has 7 nitrogen and oxygen atoms in total. The monoisotopic (exact) mass is 385 g/mol. The second-order valence-corrected chi connectivity index (χ2v) is 6.68. The number of nitrogen functional groups attached to an aromatic ring is 1. The Kier molecular flexibility index (Phi) is 6.20. The Hall–Kier alpha value is -3.19. The summed E-state index contributed by atoms with van der Waals surface area (Å²) in [6.07, 6.45) is 2.01. The van der Waals surface area contributed by atoms with Crippen molar-refractivity contribution in [1.82, 2.24) is 0 Å². The van der Waals surface area contributed by atoms with Crippen molar-refractivity contribution < 1.29 is 29.7 Å². The number of benzene rings is 2. The topological polar surface area (TPSA) is 138 Å². The Morgan fingerprint density at radius 1 is 0.964 bits per heavy atom. The van der Waals surface area contributed by atoms with Crippen molar-refractivity contribution in [1.29, 1.82) is 0 Å². The van der Waals surface area contributed by atoms with Crippen LogP contribution < -0.4 is 5.73 Å². The molecule has 0 radical (unpaired) electrons. The molecule has 0 aliphatic heterocycles. The summed E-state index contributed by atoms with van der Waals surface area (Å²) in [5.41, 5.74) is 7.30. The Morgan fingerprint density at radius 2 is 1.54 bits per heavy atom. The summed E-state index contributed by atoms with van der Waals surface area (Å²) in [4.78, 5) is 33.8. The molecule has 2 aliphatic carbocycles. The number of aromatic hydroxyl groups is 2. The highest BCUT2D eigenvalue weighted by Crippen LogP contribution is 2.46.